The van der Waals surface area contributed by atoms with Crippen LogP contribution in [0.1, 0.15) is 16.7 Å². The van der Waals surface area contributed by atoms with E-state index in [0.29, 0.717) is 37.9 Å². The van der Waals surface area contributed by atoms with Crippen LogP contribution in [0.3, 0.4) is 0 Å². The van der Waals surface area contributed by atoms with Gasteiger partial charge in [-0.3, -0.25) is 0 Å². The number of anilines is 3. The van der Waals surface area contributed by atoms with E-state index in [1.807, 2.05) is 125 Å². The first kappa shape index (κ1) is 55.6. The molecule has 0 saturated carbocycles. The molecule has 0 aromatic heterocycles. The van der Waals surface area contributed by atoms with Gasteiger partial charge in [0.25, 0.3) is 0 Å². The minimum absolute atomic E-state index is 0.342. The molecule has 0 fully saturated rings. The molecule has 0 spiro atoms. The Morgan fingerprint density at radius 2 is 0.812 bits per heavy atom. The van der Waals surface area contributed by atoms with Gasteiger partial charge in [-0.2, -0.15) is 0 Å². The number of hydrogen-bond acceptors (Lipinski definition) is 11. The number of nitrogens with zero attached hydrogens (tertiary/aromatic N) is 4. The zero-order valence-corrected chi connectivity index (χ0v) is 48.3. The molecule has 13 heteroatoms. The number of nitrogen functional groups attached to an aromatic ring is 1. The summed E-state index contributed by atoms with van der Waals surface area (Å²) in [7, 11) is 19.5. The fourth-order valence-electron chi connectivity index (χ4n) is 9.53. The Morgan fingerprint density at radius 1 is 0.425 bits per heavy atom. The molecule has 2 heterocycles. The second-order valence-electron chi connectivity index (χ2n) is 20.6. The highest BCUT2D eigenvalue weighted by atomic mass is 16.5. The van der Waals surface area contributed by atoms with Crippen molar-refractivity contribution in [2.75, 3.05) is 113 Å². The molecule has 0 bridgehead atoms. The van der Waals surface area contributed by atoms with Crippen LogP contribution in [0.5, 0.6) is 34.5 Å². The molecule has 2 N–H and O–H groups in total. The molecule has 0 unspecified atom stereocenters. The number of rotatable bonds is 16. The highest BCUT2D eigenvalue weighted by molar-refractivity contribution is 6.04. The van der Waals surface area contributed by atoms with Crippen LogP contribution in [0, 0.1) is 20.8 Å². The minimum Gasteiger partial charge on any atom is -0.497 e. The van der Waals surface area contributed by atoms with Gasteiger partial charge in [0.15, 0.2) is 0 Å². The first-order chi connectivity index (χ1) is 38.5. The molecule has 10 rings (SSSR count). The van der Waals surface area contributed by atoms with E-state index >= 15 is 0 Å². The first-order valence-electron chi connectivity index (χ1n) is 26.7. The van der Waals surface area contributed by atoms with E-state index in [1.165, 1.54) is 0 Å². The van der Waals surface area contributed by atoms with Crippen molar-refractivity contribution in [1.82, 2.24) is 9.15 Å². The van der Waals surface area contributed by atoms with Gasteiger partial charge in [0.2, 0.25) is 10.7 Å². The minimum atomic E-state index is 0.342. The van der Waals surface area contributed by atoms with Crippen LogP contribution in [-0.2, 0) is 0 Å². The summed E-state index contributed by atoms with van der Waals surface area (Å²) < 4.78 is 52.1. The smallest absolute Gasteiger partial charge is 0.203 e. The molecule has 80 heavy (non-hydrogen) atoms. The van der Waals surface area contributed by atoms with Crippen LogP contribution in [-0.4, -0.2) is 97.0 Å². The third kappa shape index (κ3) is 12.3. The number of fused-ring (bicyclic) bond motifs is 4. The van der Waals surface area contributed by atoms with Crippen molar-refractivity contribution in [3.05, 3.63) is 173 Å². The predicted octanol–water partition coefficient (Wildman–Crippen LogP) is 12.0. The zero-order chi connectivity index (χ0) is 56.8. The molecule has 0 amide bonds. The summed E-state index contributed by atoms with van der Waals surface area (Å²) in [5.74, 6) is 6.19. The Kier molecular flexibility index (Phi) is 16.9. The van der Waals surface area contributed by atoms with E-state index in [9.17, 15) is 0 Å². The Morgan fingerprint density at radius 3 is 1.23 bits per heavy atom. The summed E-state index contributed by atoms with van der Waals surface area (Å²) in [6.45, 7) is 7.64. The van der Waals surface area contributed by atoms with Crippen molar-refractivity contribution in [3.63, 3.8) is 0 Å². The van der Waals surface area contributed by atoms with Gasteiger partial charge in [0, 0.05) is 109 Å². The quantitative estimate of drug-likeness (QED) is 0.0431. The molecular formula is C67H73N5O8+2. The summed E-state index contributed by atoms with van der Waals surface area (Å²) in [6.07, 6.45) is 0. The molecule has 4 aliphatic rings. The number of benzene rings is 8. The van der Waals surface area contributed by atoms with Crippen LogP contribution >= 0.6 is 0 Å². The normalized spacial score (nSPS) is 11.1. The van der Waals surface area contributed by atoms with Gasteiger partial charge in [0.1, 0.15) is 112 Å². The van der Waals surface area contributed by atoms with Crippen molar-refractivity contribution >= 4 is 39.0 Å². The molecule has 2 aliphatic heterocycles. The molecule has 0 radical (unpaired) electrons. The molecule has 6 aromatic carbocycles. The molecular weight excluding hydrogens is 1000 g/mol. The van der Waals surface area contributed by atoms with E-state index in [1.54, 1.807) is 14.2 Å². The lowest BCUT2D eigenvalue weighted by molar-refractivity contribution is 0.215. The summed E-state index contributed by atoms with van der Waals surface area (Å²) in [5.41, 5.74) is 20.2. The van der Waals surface area contributed by atoms with E-state index in [2.05, 4.69) is 117 Å². The van der Waals surface area contributed by atoms with Gasteiger partial charge in [-0.05, 0) is 115 Å². The Balaban J connectivity index is 0.000000194. The van der Waals surface area contributed by atoms with Gasteiger partial charge in [0.05, 0.1) is 32.0 Å². The molecule has 412 valence electrons. The average molecular weight is 1080 g/mol. The average Bonchev–Trinajstić information content (AvgIpc) is 3.49. The Hall–Kier alpha value is -9.10. The van der Waals surface area contributed by atoms with Gasteiger partial charge < -0.3 is 52.8 Å². The Bertz CT molecular complexity index is 3690. The van der Waals surface area contributed by atoms with Gasteiger partial charge in [-0.25, -0.2) is 9.15 Å². The van der Waals surface area contributed by atoms with Crippen LogP contribution in [0.25, 0.3) is 66.8 Å². The van der Waals surface area contributed by atoms with E-state index in [4.69, 9.17) is 43.0 Å². The molecule has 2 aliphatic carbocycles. The SMILES string of the molecule is COc1ccc(C)c(OCCOc2cc(-c3c4ccc(=[N+](C)C)cc-4oc4cc(N(C)C)ccc34)ccc2C)c1.COc1ccc(C)c(OCCOc2cc(-c3c4ccc(=[N+](C)C)cc-4oc4cc(N(C)C)ccc34)ccc2N)c1. The van der Waals surface area contributed by atoms with Crippen molar-refractivity contribution in [2.24, 2.45) is 0 Å². The number of hydrogen-bond donors (Lipinski definition) is 1. The van der Waals surface area contributed by atoms with Gasteiger partial charge in [-0.1, -0.05) is 30.3 Å². The van der Waals surface area contributed by atoms with Crippen molar-refractivity contribution < 1.29 is 37.3 Å². The van der Waals surface area contributed by atoms with E-state index in [-0.39, 0.29) is 0 Å². The van der Waals surface area contributed by atoms with Crippen molar-refractivity contribution in [2.45, 2.75) is 20.8 Å². The second-order valence-corrected chi connectivity index (χ2v) is 20.6. The first-order valence-corrected chi connectivity index (χ1v) is 26.7. The van der Waals surface area contributed by atoms with Crippen LogP contribution in [0.4, 0.5) is 17.1 Å². The van der Waals surface area contributed by atoms with E-state index < -0.39 is 0 Å². The monoisotopic (exact) mass is 1080 g/mol. The zero-order valence-electron chi connectivity index (χ0n) is 48.3. The van der Waals surface area contributed by atoms with Crippen molar-refractivity contribution in [3.8, 4) is 79.4 Å². The maximum Gasteiger partial charge on any atom is 0.203 e. The number of aryl methyl sites for hydroxylation is 3. The standard InChI is InChI=1S/C34H37N2O4.C33H35N3O4/c1-22-8-10-24(18-30(22)38-16-17-39-31-21-27(37-7)13-9-23(31)2)34-28-14-11-25(35(3)4)19-32(28)40-33-20-26(36(5)6)12-15-29(33)34;1-21-7-11-25(37-6)20-29(21)38-15-16-39-32-17-22(8-14-28(32)34)33-26-12-9-23(35(2)3)18-30(26)40-31-19-24(36(4)5)10-13-27(31)33/h8-15,18-21H,16-17H2,1-7H3;7-14,17-20,34H,15-16H2,1-6H3/q+1;/p+1. The lowest BCUT2D eigenvalue weighted by atomic mass is 9.93. The van der Waals surface area contributed by atoms with Crippen molar-refractivity contribution in [1.29, 1.82) is 0 Å². The summed E-state index contributed by atoms with van der Waals surface area (Å²) in [4.78, 5) is 4.15. The lowest BCUT2D eigenvalue weighted by Crippen LogP contribution is -2.21. The topological polar surface area (TPSA) is 120 Å². The summed E-state index contributed by atoms with van der Waals surface area (Å²) in [5, 5.41) is 4.23. The third-order valence-corrected chi connectivity index (χ3v) is 14.2. The maximum atomic E-state index is 6.48. The summed E-state index contributed by atoms with van der Waals surface area (Å²) >= 11 is 0. The number of ether oxygens (including phenoxy) is 6. The third-order valence-electron chi connectivity index (χ3n) is 14.2. The van der Waals surface area contributed by atoms with Crippen LogP contribution in [0.15, 0.2) is 154 Å². The fourth-order valence-corrected chi connectivity index (χ4v) is 9.53. The van der Waals surface area contributed by atoms with E-state index in [0.717, 1.165) is 134 Å². The number of nitrogens with two attached hydrogens (primary N) is 1. The fraction of sp³-hybridized carbons (Fsp3) is 0.254. The Labute approximate surface area is 469 Å². The predicted molar refractivity (Wildman–Crippen MR) is 326 cm³/mol. The largest absolute Gasteiger partial charge is 0.497 e. The lowest BCUT2D eigenvalue weighted by Gasteiger charge is -2.19. The maximum absolute atomic E-state index is 6.48. The molecule has 6 aromatic rings. The van der Waals surface area contributed by atoms with Crippen LogP contribution in [0.2, 0.25) is 0 Å². The second kappa shape index (κ2) is 24.3. The summed E-state index contributed by atoms with van der Waals surface area (Å²) in [6, 6.07) is 49.3. The highest BCUT2D eigenvalue weighted by Crippen LogP contribution is 2.44. The van der Waals surface area contributed by atoms with Crippen LogP contribution < -0.4 is 63.8 Å². The number of methoxy groups -OCH3 is 2. The molecule has 13 nitrogen and oxygen atoms in total. The highest BCUT2D eigenvalue weighted by Gasteiger charge is 2.22. The van der Waals surface area contributed by atoms with Gasteiger partial charge >= 0.3 is 0 Å². The molecule has 0 atom stereocenters. The van der Waals surface area contributed by atoms with Gasteiger partial charge in [-0.15, -0.1) is 0 Å². The molecule has 0 saturated heterocycles.